The Morgan fingerprint density at radius 1 is 0.875 bits per heavy atom. The highest BCUT2D eigenvalue weighted by Crippen LogP contribution is 2.35. The van der Waals surface area contributed by atoms with Gasteiger partial charge >= 0.3 is 0 Å². The van der Waals surface area contributed by atoms with Gasteiger partial charge in [-0.05, 0) is 24.3 Å². The number of carbonyl (C=O) groups excluding carboxylic acids is 2. The van der Waals surface area contributed by atoms with E-state index in [2.05, 4.69) is 0 Å². The average molecular weight is 330 g/mol. The minimum absolute atomic E-state index is 0.127. The molecule has 2 aromatic rings. The van der Waals surface area contributed by atoms with Crippen LogP contribution in [0.5, 0.6) is 23.0 Å². The first-order chi connectivity index (χ1) is 11.6. The summed E-state index contributed by atoms with van der Waals surface area (Å²) in [5.41, 5.74) is 0.641. The summed E-state index contributed by atoms with van der Waals surface area (Å²) in [5.74, 6) is 1.10. The largest absolute Gasteiger partial charge is 0.497 e. The molecule has 6 nitrogen and oxygen atoms in total. The number of ketones is 1. The fraction of sp³-hybridized carbons (Fsp3) is 0.222. The van der Waals surface area contributed by atoms with Gasteiger partial charge in [0.1, 0.15) is 11.5 Å². The van der Waals surface area contributed by atoms with E-state index in [-0.39, 0.29) is 16.9 Å². The highest BCUT2D eigenvalue weighted by Gasteiger charge is 2.23. The Morgan fingerprint density at radius 3 is 1.96 bits per heavy atom. The second-order valence-electron chi connectivity index (χ2n) is 4.81. The smallest absolute Gasteiger partial charge is 0.197 e. The summed E-state index contributed by atoms with van der Waals surface area (Å²) in [6.45, 7) is 0. The summed E-state index contributed by atoms with van der Waals surface area (Å²) < 4.78 is 20.9. The Hall–Kier alpha value is -3.02. The molecule has 24 heavy (non-hydrogen) atoms. The van der Waals surface area contributed by atoms with E-state index in [0.29, 0.717) is 29.1 Å². The Kier molecular flexibility index (Phi) is 5.42. The van der Waals surface area contributed by atoms with Crippen molar-refractivity contribution < 1.29 is 28.5 Å². The van der Waals surface area contributed by atoms with Crippen LogP contribution in [0.3, 0.4) is 0 Å². The lowest BCUT2D eigenvalue weighted by molar-refractivity contribution is 0.102. The quantitative estimate of drug-likeness (QED) is 0.574. The normalized spacial score (nSPS) is 10.0. The minimum Gasteiger partial charge on any atom is -0.497 e. The third-order valence-electron chi connectivity index (χ3n) is 3.55. The lowest BCUT2D eigenvalue weighted by Gasteiger charge is -2.14. The van der Waals surface area contributed by atoms with Crippen LogP contribution in [0.4, 0.5) is 0 Å². The molecule has 0 N–H and O–H groups in total. The van der Waals surface area contributed by atoms with Gasteiger partial charge in [-0.2, -0.15) is 0 Å². The van der Waals surface area contributed by atoms with E-state index in [4.69, 9.17) is 18.9 Å². The summed E-state index contributed by atoms with van der Waals surface area (Å²) in [5, 5.41) is 0. The molecular weight excluding hydrogens is 312 g/mol. The molecule has 0 atom stereocenters. The molecule has 0 saturated heterocycles. The van der Waals surface area contributed by atoms with Crippen LogP contribution >= 0.6 is 0 Å². The van der Waals surface area contributed by atoms with Crippen molar-refractivity contribution in [3.8, 4) is 23.0 Å². The molecule has 0 aliphatic carbocycles. The fourth-order valence-electron chi connectivity index (χ4n) is 2.36. The zero-order chi connectivity index (χ0) is 17.7. The Balaban J connectivity index is 2.67. The Labute approximate surface area is 139 Å². The lowest BCUT2D eigenvalue weighted by atomic mass is 9.97. The average Bonchev–Trinajstić information content (AvgIpc) is 2.65. The van der Waals surface area contributed by atoms with Crippen LogP contribution in [0.1, 0.15) is 26.3 Å². The first-order valence-corrected chi connectivity index (χ1v) is 7.07. The van der Waals surface area contributed by atoms with Gasteiger partial charge < -0.3 is 18.9 Å². The monoisotopic (exact) mass is 330 g/mol. The molecule has 0 spiro atoms. The summed E-state index contributed by atoms with van der Waals surface area (Å²) >= 11 is 0. The van der Waals surface area contributed by atoms with Crippen LogP contribution in [-0.4, -0.2) is 40.5 Å². The first kappa shape index (κ1) is 17.3. The molecule has 0 fully saturated rings. The second kappa shape index (κ2) is 7.50. The van der Waals surface area contributed by atoms with Crippen LogP contribution in [0, 0.1) is 0 Å². The molecule has 0 radical (unpaired) electrons. The van der Waals surface area contributed by atoms with Crippen molar-refractivity contribution in [2.45, 2.75) is 0 Å². The van der Waals surface area contributed by atoms with Crippen molar-refractivity contribution in [2.75, 3.05) is 28.4 Å². The number of aldehydes is 1. The van der Waals surface area contributed by atoms with E-state index in [1.54, 1.807) is 24.3 Å². The van der Waals surface area contributed by atoms with E-state index < -0.39 is 5.78 Å². The Morgan fingerprint density at radius 2 is 1.50 bits per heavy atom. The topological polar surface area (TPSA) is 71.1 Å². The van der Waals surface area contributed by atoms with Gasteiger partial charge in [-0.15, -0.1) is 0 Å². The molecule has 0 heterocycles. The van der Waals surface area contributed by atoms with E-state index in [1.807, 2.05) is 0 Å². The van der Waals surface area contributed by atoms with Gasteiger partial charge in [-0.25, -0.2) is 0 Å². The van der Waals surface area contributed by atoms with Crippen LogP contribution in [0.2, 0.25) is 0 Å². The lowest BCUT2D eigenvalue weighted by Crippen LogP contribution is -2.09. The van der Waals surface area contributed by atoms with Gasteiger partial charge in [-0.3, -0.25) is 9.59 Å². The van der Waals surface area contributed by atoms with Crippen molar-refractivity contribution in [2.24, 2.45) is 0 Å². The number of hydrogen-bond donors (Lipinski definition) is 0. The predicted molar refractivity (Wildman–Crippen MR) is 87.9 cm³/mol. The zero-order valence-electron chi connectivity index (χ0n) is 13.9. The van der Waals surface area contributed by atoms with E-state index in [1.165, 1.54) is 34.5 Å². The maximum absolute atomic E-state index is 13.0. The third-order valence-corrected chi connectivity index (χ3v) is 3.55. The summed E-state index contributed by atoms with van der Waals surface area (Å²) in [7, 11) is 5.86. The molecule has 0 amide bonds. The first-order valence-electron chi connectivity index (χ1n) is 7.07. The molecule has 0 aliphatic heterocycles. The molecule has 126 valence electrons. The van der Waals surface area contributed by atoms with Gasteiger partial charge in [0, 0.05) is 17.2 Å². The maximum Gasteiger partial charge on any atom is 0.197 e. The van der Waals surface area contributed by atoms with Crippen LogP contribution in [0.25, 0.3) is 0 Å². The molecule has 0 saturated carbocycles. The highest BCUT2D eigenvalue weighted by molar-refractivity contribution is 6.15. The second-order valence-corrected chi connectivity index (χ2v) is 4.81. The Bertz CT molecular complexity index is 744. The van der Waals surface area contributed by atoms with Crippen LogP contribution in [-0.2, 0) is 0 Å². The molecule has 0 unspecified atom stereocenters. The van der Waals surface area contributed by atoms with Gasteiger partial charge in [0.25, 0.3) is 0 Å². The number of methoxy groups -OCH3 is 4. The fourth-order valence-corrected chi connectivity index (χ4v) is 2.36. The van der Waals surface area contributed by atoms with Crippen molar-refractivity contribution in [3.05, 3.63) is 47.0 Å². The van der Waals surface area contributed by atoms with Crippen molar-refractivity contribution in [1.82, 2.24) is 0 Å². The SMILES string of the molecule is COc1cc(OC)cc(C(=O)c2c(C=O)ccc(OC)c2OC)c1. The van der Waals surface area contributed by atoms with Gasteiger partial charge in [-0.1, -0.05) is 0 Å². The summed E-state index contributed by atoms with van der Waals surface area (Å²) in [6, 6.07) is 7.88. The number of carbonyl (C=O) groups is 2. The summed E-state index contributed by atoms with van der Waals surface area (Å²) in [6.07, 6.45) is 0.604. The van der Waals surface area contributed by atoms with E-state index >= 15 is 0 Å². The van der Waals surface area contributed by atoms with E-state index in [0.717, 1.165) is 0 Å². The molecule has 0 bridgehead atoms. The molecule has 6 heteroatoms. The van der Waals surface area contributed by atoms with Crippen molar-refractivity contribution in [3.63, 3.8) is 0 Å². The van der Waals surface area contributed by atoms with Crippen molar-refractivity contribution >= 4 is 12.1 Å². The number of rotatable bonds is 7. The van der Waals surface area contributed by atoms with Crippen molar-refractivity contribution in [1.29, 1.82) is 0 Å². The highest BCUT2D eigenvalue weighted by atomic mass is 16.5. The predicted octanol–water partition coefficient (Wildman–Crippen LogP) is 2.76. The molecule has 0 aromatic heterocycles. The third kappa shape index (κ3) is 3.17. The van der Waals surface area contributed by atoms with Crippen LogP contribution in [0.15, 0.2) is 30.3 Å². The van der Waals surface area contributed by atoms with Gasteiger partial charge in [0.05, 0.1) is 34.0 Å². The molecule has 2 aromatic carbocycles. The number of ether oxygens (including phenoxy) is 4. The van der Waals surface area contributed by atoms with Gasteiger partial charge in [0.15, 0.2) is 23.6 Å². The van der Waals surface area contributed by atoms with E-state index in [9.17, 15) is 9.59 Å². The molecular formula is C18H18O6. The standard InChI is InChI=1S/C18H18O6/c1-21-13-7-12(8-14(9-13)22-2)17(20)16-11(10-19)5-6-15(23-3)18(16)24-4/h5-10H,1-4H3. The van der Waals surface area contributed by atoms with Crippen LogP contribution < -0.4 is 18.9 Å². The number of hydrogen-bond acceptors (Lipinski definition) is 6. The minimum atomic E-state index is -0.398. The molecule has 2 rings (SSSR count). The zero-order valence-corrected chi connectivity index (χ0v) is 13.9. The number of benzene rings is 2. The maximum atomic E-state index is 13.0. The molecule has 0 aliphatic rings. The summed E-state index contributed by atoms with van der Waals surface area (Å²) in [4.78, 5) is 24.4. The van der Waals surface area contributed by atoms with Gasteiger partial charge in [0.2, 0.25) is 0 Å².